The predicted molar refractivity (Wildman–Crippen MR) is 138 cm³/mol. The van der Waals surface area contributed by atoms with Crippen LogP contribution in [-0.2, 0) is 28.4 Å². The van der Waals surface area contributed by atoms with Crippen LogP contribution < -0.4 is 0 Å². The quantitative estimate of drug-likeness (QED) is 0.318. The number of aliphatic hydroxyl groups is 4. The highest BCUT2D eigenvalue weighted by Gasteiger charge is 2.94. The summed E-state index contributed by atoms with van der Waals surface area (Å²) >= 11 is 0. The van der Waals surface area contributed by atoms with E-state index in [-0.39, 0.29) is 19.4 Å². The van der Waals surface area contributed by atoms with Gasteiger partial charge in [-0.25, -0.2) is 9.59 Å². The number of hydrogen-bond donors (Lipinski definition) is 4. The first-order valence-electron chi connectivity index (χ1n) is 13.9. The van der Waals surface area contributed by atoms with E-state index in [0.717, 1.165) is 0 Å². The van der Waals surface area contributed by atoms with E-state index in [1.165, 1.54) is 0 Å². The van der Waals surface area contributed by atoms with Crippen molar-refractivity contribution in [2.45, 2.75) is 73.8 Å². The van der Waals surface area contributed by atoms with E-state index in [1.54, 1.807) is 67.6 Å². The summed E-state index contributed by atoms with van der Waals surface area (Å²) in [5.41, 5.74) is -2.88. The van der Waals surface area contributed by atoms with E-state index in [4.69, 9.17) is 28.4 Å². The van der Waals surface area contributed by atoms with Crippen molar-refractivity contribution < 1.29 is 58.4 Å². The Kier molecular flexibility index (Phi) is 6.32. The van der Waals surface area contributed by atoms with Gasteiger partial charge in [-0.1, -0.05) is 36.4 Å². The summed E-state index contributed by atoms with van der Waals surface area (Å²) in [6.07, 6.45) is -8.34. The molecule has 11 atom stereocenters. The molecule has 42 heavy (non-hydrogen) atoms. The highest BCUT2D eigenvalue weighted by atomic mass is 16.8. The highest BCUT2D eigenvalue weighted by Crippen LogP contribution is 2.81. The molecule has 0 amide bonds. The van der Waals surface area contributed by atoms with Crippen molar-refractivity contribution in [2.75, 3.05) is 13.2 Å². The molecule has 9 rings (SSSR count). The lowest BCUT2D eigenvalue weighted by Crippen LogP contribution is -2.80. The molecular weight excluding hydrogens is 552 g/mol. The van der Waals surface area contributed by atoms with Crippen molar-refractivity contribution in [3.05, 3.63) is 71.8 Å². The van der Waals surface area contributed by atoms with Gasteiger partial charge < -0.3 is 48.8 Å². The SMILES string of the molecule is C[C@]12C[C@]3(O)OC(O1)[C@]1(COC(=O)c4ccccc4)[C@@H]3C[C@@]21O[C@@H]1O[C@H](COC(=O)c2ccccc2)[C@@H](O)[C@H](O)[C@H]1O. The average Bonchev–Trinajstić information content (AvgIpc) is 3.18. The van der Waals surface area contributed by atoms with Crippen LogP contribution in [0.25, 0.3) is 0 Å². The summed E-state index contributed by atoms with van der Waals surface area (Å²) in [7, 11) is 0. The van der Waals surface area contributed by atoms with Gasteiger partial charge in [0.1, 0.15) is 48.8 Å². The second-order valence-corrected chi connectivity index (χ2v) is 12.0. The third-order valence-corrected chi connectivity index (χ3v) is 9.78. The zero-order valence-corrected chi connectivity index (χ0v) is 22.7. The standard InChI is InChI=1S/C30H32O12/c1-27-14-29(36)19-12-30(27,28(19,26(41-27)42-29)15-38-24(35)17-10-6-3-7-11-17)40-25-22(33)21(32)20(31)18(39-25)13-37-23(34)16-8-4-2-5-9-16/h2-11,18-22,25-26,31-33,36H,12-15H2,1H3/t18-,19+,20-,21+,22-,25+,26?,27-,28+,29+,30-/m1/s1. The van der Waals surface area contributed by atoms with Crippen molar-refractivity contribution in [1.29, 1.82) is 0 Å². The largest absolute Gasteiger partial charge is 0.461 e. The molecule has 0 aromatic heterocycles. The fraction of sp³-hybridized carbons (Fsp3) is 0.533. The molecule has 4 aliphatic heterocycles. The minimum Gasteiger partial charge on any atom is -0.461 e. The molecule has 4 N–H and O–H groups in total. The van der Waals surface area contributed by atoms with E-state index < -0.39 is 83.9 Å². The molecule has 224 valence electrons. The molecule has 12 heteroatoms. The van der Waals surface area contributed by atoms with Gasteiger partial charge in [-0.15, -0.1) is 0 Å². The minimum atomic E-state index is -1.69. The summed E-state index contributed by atoms with van der Waals surface area (Å²) in [4.78, 5) is 25.4. The number of rotatable bonds is 8. The molecule has 2 aromatic carbocycles. The Hall–Kier alpha value is -2.94. The molecule has 2 aromatic rings. The molecule has 0 radical (unpaired) electrons. The van der Waals surface area contributed by atoms with E-state index in [1.807, 2.05) is 0 Å². The van der Waals surface area contributed by atoms with E-state index in [9.17, 15) is 30.0 Å². The fourth-order valence-electron chi connectivity index (χ4n) is 7.68. The van der Waals surface area contributed by atoms with Gasteiger partial charge in [0, 0.05) is 12.3 Å². The Morgan fingerprint density at radius 2 is 1.50 bits per heavy atom. The zero-order valence-electron chi connectivity index (χ0n) is 22.7. The molecule has 3 aliphatic carbocycles. The van der Waals surface area contributed by atoms with Gasteiger partial charge in [0.25, 0.3) is 0 Å². The third-order valence-electron chi connectivity index (χ3n) is 9.78. The second kappa shape index (κ2) is 9.53. The highest BCUT2D eigenvalue weighted by molar-refractivity contribution is 5.89. The number of hydrogen-bond acceptors (Lipinski definition) is 12. The maximum absolute atomic E-state index is 12.9. The van der Waals surface area contributed by atoms with E-state index in [0.29, 0.717) is 11.1 Å². The maximum Gasteiger partial charge on any atom is 0.338 e. The van der Waals surface area contributed by atoms with Crippen LogP contribution in [0.4, 0.5) is 0 Å². The summed E-state index contributed by atoms with van der Waals surface area (Å²) in [6.45, 7) is 1.12. The summed E-state index contributed by atoms with van der Waals surface area (Å²) in [5, 5.41) is 43.6. The molecule has 4 saturated heterocycles. The van der Waals surface area contributed by atoms with Gasteiger partial charge >= 0.3 is 11.9 Å². The number of benzene rings is 2. The van der Waals surface area contributed by atoms with Gasteiger partial charge in [0.05, 0.1) is 16.5 Å². The summed E-state index contributed by atoms with van der Waals surface area (Å²) in [5.74, 6) is -3.25. The molecule has 12 nitrogen and oxygen atoms in total. The maximum atomic E-state index is 12.9. The van der Waals surface area contributed by atoms with Gasteiger partial charge in [-0.2, -0.15) is 0 Å². The van der Waals surface area contributed by atoms with Crippen LogP contribution in [0.2, 0.25) is 0 Å². The topological polar surface area (TPSA) is 170 Å². The zero-order chi connectivity index (χ0) is 29.5. The number of aliphatic hydroxyl groups excluding tert-OH is 3. The molecule has 7 aliphatic rings. The van der Waals surface area contributed by atoms with Crippen molar-refractivity contribution in [2.24, 2.45) is 11.3 Å². The smallest absolute Gasteiger partial charge is 0.338 e. The fourth-order valence-corrected chi connectivity index (χ4v) is 7.68. The van der Waals surface area contributed by atoms with Crippen LogP contribution in [0, 0.1) is 11.3 Å². The Bertz CT molecular complexity index is 1370. The number of carbonyl (C=O) groups excluding carboxylic acids is 2. The lowest BCUT2D eigenvalue weighted by atomic mass is 9.41. The van der Waals surface area contributed by atoms with E-state index >= 15 is 0 Å². The van der Waals surface area contributed by atoms with Crippen molar-refractivity contribution in [1.82, 2.24) is 0 Å². The summed E-state index contributed by atoms with van der Waals surface area (Å²) < 4.78 is 35.7. The number of carbonyl (C=O) groups is 2. The Labute approximate surface area is 240 Å². The first-order chi connectivity index (χ1) is 20.0. The van der Waals surface area contributed by atoms with Crippen LogP contribution in [-0.4, -0.2) is 99.6 Å². The number of esters is 2. The Balaban J connectivity index is 1.13. The second-order valence-electron chi connectivity index (χ2n) is 12.0. The molecule has 4 heterocycles. The monoisotopic (exact) mass is 584 g/mol. The lowest BCUT2D eigenvalue weighted by Gasteiger charge is -2.67. The molecule has 6 bridgehead atoms. The van der Waals surface area contributed by atoms with Crippen LogP contribution in [0.15, 0.2) is 60.7 Å². The third kappa shape index (κ3) is 3.70. The Morgan fingerprint density at radius 1 is 0.881 bits per heavy atom. The first-order valence-corrected chi connectivity index (χ1v) is 13.9. The van der Waals surface area contributed by atoms with Gasteiger partial charge in [-0.05, 0) is 37.6 Å². The van der Waals surface area contributed by atoms with Gasteiger partial charge in [0.15, 0.2) is 18.4 Å². The van der Waals surface area contributed by atoms with Gasteiger partial charge in [-0.3, -0.25) is 0 Å². The molecule has 1 unspecified atom stereocenters. The van der Waals surface area contributed by atoms with E-state index in [2.05, 4.69) is 0 Å². The van der Waals surface area contributed by atoms with Crippen LogP contribution >= 0.6 is 0 Å². The first kappa shape index (κ1) is 27.9. The van der Waals surface area contributed by atoms with Crippen molar-refractivity contribution in [3.8, 4) is 0 Å². The minimum absolute atomic E-state index is 0.0572. The van der Waals surface area contributed by atoms with Crippen LogP contribution in [0.1, 0.15) is 40.5 Å². The van der Waals surface area contributed by atoms with Gasteiger partial charge in [0.2, 0.25) is 0 Å². The van der Waals surface area contributed by atoms with Crippen molar-refractivity contribution >= 4 is 11.9 Å². The number of ether oxygens (including phenoxy) is 6. The molecule has 0 spiro atoms. The molecule has 3 saturated carbocycles. The summed E-state index contributed by atoms with van der Waals surface area (Å²) in [6, 6.07) is 16.7. The van der Waals surface area contributed by atoms with Crippen molar-refractivity contribution in [3.63, 3.8) is 0 Å². The average molecular weight is 585 g/mol. The van der Waals surface area contributed by atoms with Crippen LogP contribution in [0.5, 0.6) is 0 Å². The Morgan fingerprint density at radius 3 is 2.14 bits per heavy atom. The normalized spacial score (nSPS) is 44.5. The van der Waals surface area contributed by atoms with Crippen LogP contribution in [0.3, 0.4) is 0 Å². The lowest BCUT2D eigenvalue weighted by molar-refractivity contribution is -0.424. The molecular formula is C30H32O12. The predicted octanol–water partition coefficient (Wildman–Crippen LogP) is 0.507. The molecule has 7 fully saturated rings.